The molecule has 8 heteroatoms. The van der Waals surface area contributed by atoms with Gasteiger partial charge in [-0.15, -0.1) is 0 Å². The second kappa shape index (κ2) is 6.32. The quantitative estimate of drug-likeness (QED) is 0.521. The van der Waals surface area contributed by atoms with Gasteiger partial charge in [0.2, 0.25) is 11.1 Å². The Hall–Kier alpha value is -1.47. The van der Waals surface area contributed by atoms with Crippen LogP contribution in [0.25, 0.3) is 0 Å². The SMILES string of the molecule is Cc1nc(Cl)nc(NCC2CCCN(C)C2)c1[N+](=O)[O-]. The monoisotopic (exact) mass is 299 g/mol. The summed E-state index contributed by atoms with van der Waals surface area (Å²) < 4.78 is 0. The summed E-state index contributed by atoms with van der Waals surface area (Å²) in [6.45, 7) is 4.30. The van der Waals surface area contributed by atoms with Crippen LogP contribution in [-0.4, -0.2) is 46.5 Å². The van der Waals surface area contributed by atoms with E-state index < -0.39 is 4.92 Å². The fourth-order valence-corrected chi connectivity index (χ4v) is 2.77. The topological polar surface area (TPSA) is 84.2 Å². The molecule has 1 fully saturated rings. The number of anilines is 1. The lowest BCUT2D eigenvalue weighted by Crippen LogP contribution is -2.35. The Bertz CT molecular complexity index is 511. The molecular weight excluding hydrogens is 282 g/mol. The van der Waals surface area contributed by atoms with E-state index in [-0.39, 0.29) is 22.5 Å². The van der Waals surface area contributed by atoms with Gasteiger partial charge in [0.05, 0.1) is 4.92 Å². The molecule has 1 unspecified atom stereocenters. The number of aryl methyl sites for hydroxylation is 1. The first-order chi connectivity index (χ1) is 9.47. The number of likely N-dealkylation sites (tertiary alicyclic amines) is 1. The molecule has 0 spiro atoms. The molecule has 1 atom stereocenters. The van der Waals surface area contributed by atoms with Crippen molar-refractivity contribution in [2.75, 3.05) is 32.0 Å². The highest BCUT2D eigenvalue weighted by atomic mass is 35.5. The molecule has 1 aliphatic rings. The Balaban J connectivity index is 2.10. The molecule has 0 bridgehead atoms. The number of aromatic nitrogens is 2. The smallest absolute Gasteiger partial charge is 0.332 e. The number of nitrogens with zero attached hydrogens (tertiary/aromatic N) is 4. The van der Waals surface area contributed by atoms with Crippen LogP contribution in [0.4, 0.5) is 11.5 Å². The minimum atomic E-state index is -0.471. The minimum Gasteiger partial charge on any atom is -0.364 e. The lowest BCUT2D eigenvalue weighted by atomic mass is 9.98. The van der Waals surface area contributed by atoms with Gasteiger partial charge in [-0.05, 0) is 50.9 Å². The lowest BCUT2D eigenvalue weighted by molar-refractivity contribution is -0.385. The highest BCUT2D eigenvalue weighted by molar-refractivity contribution is 6.28. The summed E-state index contributed by atoms with van der Waals surface area (Å²) >= 11 is 5.78. The summed E-state index contributed by atoms with van der Waals surface area (Å²) in [6.07, 6.45) is 2.26. The number of hydrogen-bond acceptors (Lipinski definition) is 6. The molecule has 1 saturated heterocycles. The number of hydrogen-bond donors (Lipinski definition) is 1. The van der Waals surface area contributed by atoms with Crippen molar-refractivity contribution in [2.45, 2.75) is 19.8 Å². The van der Waals surface area contributed by atoms with Gasteiger partial charge in [-0.3, -0.25) is 10.1 Å². The molecule has 1 aromatic rings. The summed E-state index contributed by atoms with van der Waals surface area (Å²) in [4.78, 5) is 20.7. The molecule has 110 valence electrons. The van der Waals surface area contributed by atoms with E-state index in [0.717, 1.165) is 25.9 Å². The van der Waals surface area contributed by atoms with Crippen molar-refractivity contribution in [3.8, 4) is 0 Å². The molecule has 1 aromatic heterocycles. The summed E-state index contributed by atoms with van der Waals surface area (Å²) in [5.41, 5.74) is 0.178. The Morgan fingerprint density at radius 1 is 1.55 bits per heavy atom. The van der Waals surface area contributed by atoms with Crippen molar-refractivity contribution >= 4 is 23.1 Å². The van der Waals surface area contributed by atoms with E-state index in [2.05, 4.69) is 27.2 Å². The van der Waals surface area contributed by atoms with Gasteiger partial charge >= 0.3 is 5.69 Å². The molecule has 20 heavy (non-hydrogen) atoms. The minimum absolute atomic E-state index is 0.0244. The Kier molecular flexibility index (Phi) is 4.72. The van der Waals surface area contributed by atoms with E-state index in [1.54, 1.807) is 6.92 Å². The van der Waals surface area contributed by atoms with Gasteiger partial charge < -0.3 is 10.2 Å². The molecule has 0 aromatic carbocycles. The van der Waals surface area contributed by atoms with Crippen LogP contribution in [-0.2, 0) is 0 Å². The van der Waals surface area contributed by atoms with Crippen LogP contribution >= 0.6 is 11.6 Å². The van der Waals surface area contributed by atoms with Crippen LogP contribution in [0.3, 0.4) is 0 Å². The van der Waals surface area contributed by atoms with E-state index in [4.69, 9.17) is 11.6 Å². The van der Waals surface area contributed by atoms with E-state index in [9.17, 15) is 10.1 Å². The Morgan fingerprint density at radius 2 is 2.30 bits per heavy atom. The third-order valence-electron chi connectivity index (χ3n) is 3.49. The average molecular weight is 300 g/mol. The number of halogens is 1. The molecule has 1 N–H and O–H groups in total. The van der Waals surface area contributed by atoms with E-state index in [0.29, 0.717) is 12.5 Å². The van der Waals surface area contributed by atoms with Crippen LogP contribution in [0.1, 0.15) is 18.5 Å². The fraction of sp³-hybridized carbons (Fsp3) is 0.667. The van der Waals surface area contributed by atoms with E-state index in [1.807, 2.05) is 0 Å². The Morgan fingerprint density at radius 3 is 2.95 bits per heavy atom. The van der Waals surface area contributed by atoms with E-state index in [1.165, 1.54) is 0 Å². The van der Waals surface area contributed by atoms with Crippen molar-refractivity contribution in [2.24, 2.45) is 5.92 Å². The fourth-order valence-electron chi connectivity index (χ4n) is 2.56. The second-order valence-corrected chi connectivity index (χ2v) is 5.52. The zero-order chi connectivity index (χ0) is 14.7. The number of rotatable bonds is 4. The standard InChI is InChI=1S/C12H18ClN5O2/c1-8-10(18(19)20)11(16-12(13)15-8)14-6-9-4-3-5-17(2)7-9/h9H,3-7H2,1-2H3,(H,14,15,16). The zero-order valence-corrected chi connectivity index (χ0v) is 12.4. The summed E-state index contributed by atoms with van der Waals surface area (Å²) in [5.74, 6) is 0.670. The first-order valence-electron chi connectivity index (χ1n) is 6.58. The summed E-state index contributed by atoms with van der Waals surface area (Å²) in [6, 6.07) is 0. The molecule has 0 radical (unpaired) electrons. The van der Waals surface area contributed by atoms with Crippen LogP contribution in [0.5, 0.6) is 0 Å². The zero-order valence-electron chi connectivity index (χ0n) is 11.6. The maximum atomic E-state index is 11.1. The largest absolute Gasteiger partial charge is 0.364 e. The van der Waals surface area contributed by atoms with Gasteiger partial charge in [0.25, 0.3) is 0 Å². The first kappa shape index (κ1) is 14.9. The van der Waals surface area contributed by atoms with Crippen molar-refractivity contribution in [3.05, 3.63) is 21.1 Å². The number of nitrogens with one attached hydrogen (secondary N) is 1. The predicted octanol–water partition coefficient (Wildman–Crippen LogP) is 2.10. The molecule has 7 nitrogen and oxygen atoms in total. The van der Waals surface area contributed by atoms with Gasteiger partial charge in [-0.1, -0.05) is 0 Å². The predicted molar refractivity (Wildman–Crippen MR) is 77.1 cm³/mol. The second-order valence-electron chi connectivity index (χ2n) is 5.18. The van der Waals surface area contributed by atoms with Crippen LogP contribution in [0.2, 0.25) is 5.28 Å². The Labute approximate surface area is 122 Å². The van der Waals surface area contributed by atoms with Gasteiger partial charge in [0, 0.05) is 13.1 Å². The van der Waals surface area contributed by atoms with Crippen molar-refractivity contribution in [1.29, 1.82) is 0 Å². The molecule has 0 saturated carbocycles. The maximum absolute atomic E-state index is 11.1. The van der Waals surface area contributed by atoms with Crippen LogP contribution < -0.4 is 5.32 Å². The highest BCUT2D eigenvalue weighted by Crippen LogP contribution is 2.27. The maximum Gasteiger partial charge on any atom is 0.332 e. The third kappa shape index (κ3) is 3.55. The average Bonchev–Trinajstić information content (AvgIpc) is 2.35. The summed E-state index contributed by atoms with van der Waals surface area (Å²) in [7, 11) is 2.08. The highest BCUT2D eigenvalue weighted by Gasteiger charge is 2.23. The van der Waals surface area contributed by atoms with Gasteiger partial charge in [0.1, 0.15) is 5.69 Å². The van der Waals surface area contributed by atoms with Crippen molar-refractivity contribution in [3.63, 3.8) is 0 Å². The van der Waals surface area contributed by atoms with Gasteiger partial charge in [0.15, 0.2) is 0 Å². The number of piperidine rings is 1. The molecular formula is C12H18ClN5O2. The van der Waals surface area contributed by atoms with Crippen molar-refractivity contribution in [1.82, 2.24) is 14.9 Å². The molecule has 2 heterocycles. The lowest BCUT2D eigenvalue weighted by Gasteiger charge is -2.29. The number of nitro groups is 1. The van der Waals surface area contributed by atoms with Gasteiger partial charge in [-0.2, -0.15) is 4.98 Å². The molecule has 0 aliphatic carbocycles. The molecule has 1 aliphatic heterocycles. The molecule has 2 rings (SSSR count). The van der Waals surface area contributed by atoms with Crippen LogP contribution in [0.15, 0.2) is 0 Å². The molecule has 0 amide bonds. The summed E-state index contributed by atoms with van der Waals surface area (Å²) in [5, 5.41) is 14.2. The van der Waals surface area contributed by atoms with Crippen molar-refractivity contribution < 1.29 is 4.92 Å². The van der Waals surface area contributed by atoms with Gasteiger partial charge in [-0.25, -0.2) is 4.98 Å². The first-order valence-corrected chi connectivity index (χ1v) is 6.96. The van der Waals surface area contributed by atoms with E-state index >= 15 is 0 Å². The normalized spacial score (nSPS) is 19.9. The third-order valence-corrected chi connectivity index (χ3v) is 3.66. The van der Waals surface area contributed by atoms with Crippen LogP contribution in [0, 0.1) is 23.0 Å².